The highest BCUT2D eigenvalue weighted by Crippen LogP contribution is 2.38. The molecule has 2 fully saturated rings. The van der Waals surface area contributed by atoms with Crippen LogP contribution in [0.3, 0.4) is 0 Å². The van der Waals surface area contributed by atoms with Gasteiger partial charge in [0.05, 0.1) is 5.56 Å². The van der Waals surface area contributed by atoms with Crippen LogP contribution >= 0.6 is 24.2 Å². The Bertz CT molecular complexity index is 537. The lowest BCUT2D eigenvalue weighted by Crippen LogP contribution is -2.33. The van der Waals surface area contributed by atoms with E-state index in [2.05, 4.69) is 19.9 Å². The summed E-state index contributed by atoms with van der Waals surface area (Å²) in [6.45, 7) is 6.04. The minimum atomic E-state index is 0. The average molecular weight is 341 g/mol. The van der Waals surface area contributed by atoms with Gasteiger partial charge in [-0.15, -0.1) is 24.2 Å². The predicted octanol–water partition coefficient (Wildman–Crippen LogP) is 3.42. The van der Waals surface area contributed by atoms with Gasteiger partial charge in [-0.2, -0.15) is 0 Å². The summed E-state index contributed by atoms with van der Waals surface area (Å²) in [7, 11) is 0. The predicted molar refractivity (Wildman–Crippen MR) is 94.8 cm³/mol. The topological polar surface area (TPSA) is 46.3 Å². The second-order valence-corrected chi connectivity index (χ2v) is 8.16. The number of hydrogen-bond acceptors (Lipinski definition) is 3. The van der Waals surface area contributed by atoms with Crippen molar-refractivity contribution in [3.05, 3.63) is 29.8 Å². The van der Waals surface area contributed by atoms with Crippen molar-refractivity contribution in [2.45, 2.75) is 42.9 Å². The molecule has 22 heavy (non-hydrogen) atoms. The molecule has 0 spiro atoms. The van der Waals surface area contributed by atoms with E-state index in [9.17, 15) is 4.79 Å². The number of benzene rings is 1. The zero-order valence-corrected chi connectivity index (χ0v) is 14.8. The van der Waals surface area contributed by atoms with E-state index in [0.29, 0.717) is 17.1 Å². The molecule has 3 nitrogen and oxygen atoms in total. The van der Waals surface area contributed by atoms with Gasteiger partial charge in [-0.1, -0.05) is 26.0 Å². The molecule has 1 aliphatic heterocycles. The Kier molecular flexibility index (Phi) is 5.81. The first-order valence-electron chi connectivity index (χ1n) is 7.87. The van der Waals surface area contributed by atoms with Crippen LogP contribution in [0.1, 0.15) is 37.0 Å². The molecule has 122 valence electrons. The quantitative estimate of drug-likeness (QED) is 0.857. The second-order valence-electron chi connectivity index (χ2n) is 6.54. The van der Waals surface area contributed by atoms with Gasteiger partial charge in [0.1, 0.15) is 0 Å². The van der Waals surface area contributed by atoms with Crippen LogP contribution in [0.15, 0.2) is 29.2 Å². The molecule has 1 saturated heterocycles. The van der Waals surface area contributed by atoms with Gasteiger partial charge < -0.3 is 10.6 Å². The van der Waals surface area contributed by atoms with E-state index in [1.54, 1.807) is 11.8 Å². The van der Waals surface area contributed by atoms with E-state index in [1.807, 2.05) is 23.1 Å². The van der Waals surface area contributed by atoms with Crippen LogP contribution in [0.2, 0.25) is 0 Å². The molecule has 3 unspecified atom stereocenters. The van der Waals surface area contributed by atoms with Crippen molar-refractivity contribution >= 4 is 30.1 Å². The van der Waals surface area contributed by atoms with Crippen LogP contribution in [0.25, 0.3) is 0 Å². The maximum absolute atomic E-state index is 12.9. The SMILES string of the molecule is CC(C)Sc1ccccc1C(=O)N1CC2CCC(N)C2C1.Cl. The lowest BCUT2D eigenvalue weighted by Gasteiger charge is -2.20. The number of nitrogens with zero attached hydrogens (tertiary/aromatic N) is 1. The Hall–Kier alpha value is -0.710. The molecule has 1 aromatic carbocycles. The molecule has 1 aliphatic carbocycles. The Morgan fingerprint density at radius 3 is 2.68 bits per heavy atom. The fourth-order valence-corrected chi connectivity index (χ4v) is 4.59. The summed E-state index contributed by atoms with van der Waals surface area (Å²) in [4.78, 5) is 16.0. The lowest BCUT2D eigenvalue weighted by molar-refractivity contribution is 0.0776. The average Bonchev–Trinajstić information content (AvgIpc) is 3.01. The van der Waals surface area contributed by atoms with Crippen molar-refractivity contribution in [1.29, 1.82) is 0 Å². The van der Waals surface area contributed by atoms with Gasteiger partial charge in [0.25, 0.3) is 5.91 Å². The molecular formula is C17H25ClN2OS. The summed E-state index contributed by atoms with van der Waals surface area (Å²) in [5, 5.41) is 0.477. The highest BCUT2D eigenvalue weighted by Gasteiger charge is 2.42. The van der Waals surface area contributed by atoms with Crippen LogP contribution in [-0.4, -0.2) is 35.2 Å². The minimum absolute atomic E-state index is 0. The fraction of sp³-hybridized carbons (Fsp3) is 0.588. The van der Waals surface area contributed by atoms with Crippen molar-refractivity contribution in [1.82, 2.24) is 4.90 Å². The van der Waals surface area contributed by atoms with E-state index >= 15 is 0 Å². The number of fused-ring (bicyclic) bond motifs is 1. The van der Waals surface area contributed by atoms with E-state index in [-0.39, 0.29) is 24.4 Å². The molecule has 1 amide bonds. The second kappa shape index (κ2) is 7.24. The highest BCUT2D eigenvalue weighted by atomic mass is 35.5. The lowest BCUT2D eigenvalue weighted by atomic mass is 9.98. The van der Waals surface area contributed by atoms with Gasteiger partial charge in [-0.25, -0.2) is 0 Å². The van der Waals surface area contributed by atoms with Crippen molar-refractivity contribution < 1.29 is 4.79 Å². The number of carbonyl (C=O) groups is 1. The summed E-state index contributed by atoms with van der Waals surface area (Å²) in [6.07, 6.45) is 2.30. The first kappa shape index (κ1) is 17.6. The van der Waals surface area contributed by atoms with Crippen molar-refractivity contribution in [2.75, 3.05) is 13.1 Å². The first-order valence-corrected chi connectivity index (χ1v) is 8.74. The first-order chi connectivity index (χ1) is 10.1. The molecule has 3 rings (SSSR count). The summed E-state index contributed by atoms with van der Waals surface area (Å²) in [6, 6.07) is 8.27. The number of halogens is 1. The van der Waals surface area contributed by atoms with Crippen LogP contribution in [0.5, 0.6) is 0 Å². The molecule has 3 atom stereocenters. The largest absolute Gasteiger partial charge is 0.338 e. The van der Waals surface area contributed by atoms with E-state index < -0.39 is 0 Å². The molecule has 5 heteroatoms. The van der Waals surface area contributed by atoms with Gasteiger partial charge in [0, 0.05) is 29.3 Å². The number of likely N-dealkylation sites (tertiary alicyclic amines) is 1. The van der Waals surface area contributed by atoms with Gasteiger partial charge in [0.15, 0.2) is 0 Å². The van der Waals surface area contributed by atoms with Crippen molar-refractivity contribution in [3.8, 4) is 0 Å². The summed E-state index contributed by atoms with van der Waals surface area (Å²) >= 11 is 1.76. The maximum Gasteiger partial charge on any atom is 0.255 e. The minimum Gasteiger partial charge on any atom is -0.338 e. The molecular weight excluding hydrogens is 316 g/mol. The van der Waals surface area contributed by atoms with Crippen LogP contribution in [0.4, 0.5) is 0 Å². The molecule has 1 aromatic rings. The molecule has 0 bridgehead atoms. The van der Waals surface area contributed by atoms with E-state index in [1.165, 1.54) is 6.42 Å². The Balaban J connectivity index is 0.00000176. The molecule has 1 saturated carbocycles. The number of rotatable bonds is 3. The fourth-order valence-electron chi connectivity index (χ4n) is 3.64. The Morgan fingerprint density at radius 1 is 1.27 bits per heavy atom. The molecule has 0 aromatic heterocycles. The summed E-state index contributed by atoms with van der Waals surface area (Å²) in [5.41, 5.74) is 7.03. The third kappa shape index (κ3) is 3.44. The van der Waals surface area contributed by atoms with Gasteiger partial charge in [0.2, 0.25) is 0 Å². The Labute approximate surface area is 143 Å². The van der Waals surface area contributed by atoms with E-state index in [0.717, 1.165) is 30.0 Å². The van der Waals surface area contributed by atoms with Crippen molar-refractivity contribution in [3.63, 3.8) is 0 Å². The standard InChI is InChI=1S/C17H24N2OS.ClH/c1-11(2)21-16-6-4-3-5-13(16)17(20)19-9-12-7-8-15(18)14(12)10-19;/h3-6,11-12,14-15H,7-10,18H2,1-2H3;1H. The molecule has 2 aliphatic rings. The zero-order valence-electron chi connectivity index (χ0n) is 13.2. The summed E-state index contributed by atoms with van der Waals surface area (Å²) < 4.78 is 0. The highest BCUT2D eigenvalue weighted by molar-refractivity contribution is 8.00. The zero-order chi connectivity index (χ0) is 15.0. The third-order valence-corrected chi connectivity index (χ3v) is 5.76. The number of nitrogens with two attached hydrogens (primary N) is 1. The monoisotopic (exact) mass is 340 g/mol. The van der Waals surface area contributed by atoms with Gasteiger partial charge in [-0.3, -0.25) is 4.79 Å². The van der Waals surface area contributed by atoms with Crippen LogP contribution in [-0.2, 0) is 0 Å². The smallest absolute Gasteiger partial charge is 0.255 e. The van der Waals surface area contributed by atoms with Crippen LogP contribution in [0, 0.1) is 11.8 Å². The van der Waals surface area contributed by atoms with Gasteiger partial charge >= 0.3 is 0 Å². The van der Waals surface area contributed by atoms with Gasteiger partial charge in [-0.05, 0) is 36.8 Å². The number of carbonyl (C=O) groups excluding carboxylic acids is 1. The Morgan fingerprint density at radius 2 is 2.00 bits per heavy atom. The molecule has 2 N–H and O–H groups in total. The van der Waals surface area contributed by atoms with Crippen molar-refractivity contribution in [2.24, 2.45) is 17.6 Å². The maximum atomic E-state index is 12.9. The number of amides is 1. The van der Waals surface area contributed by atoms with Crippen LogP contribution < -0.4 is 5.73 Å². The third-order valence-electron chi connectivity index (χ3n) is 4.68. The molecule has 1 heterocycles. The number of thioether (sulfide) groups is 1. The molecule has 0 radical (unpaired) electrons. The number of hydrogen-bond donors (Lipinski definition) is 1. The normalized spacial score (nSPS) is 26.9. The van der Waals surface area contributed by atoms with E-state index in [4.69, 9.17) is 5.73 Å². The summed E-state index contributed by atoms with van der Waals surface area (Å²) in [5.74, 6) is 1.31.